The number of nitrogens with two attached hydrogens (primary N) is 1. The van der Waals surface area contributed by atoms with Gasteiger partial charge in [0.1, 0.15) is 0 Å². The third-order valence-corrected chi connectivity index (χ3v) is 9.37. The number of allylic oxidation sites excluding steroid dienone is 10. The Bertz CT molecular complexity index is 965. The van der Waals surface area contributed by atoms with E-state index in [0.717, 1.165) is 57.8 Å². The summed E-state index contributed by atoms with van der Waals surface area (Å²) < 4.78 is 22.1. The maximum Gasteiger partial charge on any atom is 0.472 e. The van der Waals surface area contributed by atoms with E-state index >= 15 is 0 Å². The lowest BCUT2D eigenvalue weighted by Crippen LogP contribution is -2.46. The van der Waals surface area contributed by atoms with Crippen molar-refractivity contribution in [1.82, 2.24) is 5.32 Å². The number of amides is 1. The maximum absolute atomic E-state index is 12.7. The topological polar surface area (TPSA) is 131 Å². The van der Waals surface area contributed by atoms with Crippen LogP contribution >= 0.6 is 7.82 Å². The van der Waals surface area contributed by atoms with Gasteiger partial charge in [-0.1, -0.05) is 164 Å². The van der Waals surface area contributed by atoms with Gasteiger partial charge in [-0.05, 0) is 51.4 Å². The minimum atomic E-state index is -4.33. The summed E-state index contributed by atoms with van der Waals surface area (Å²) in [5.41, 5.74) is 5.36. The summed E-state index contributed by atoms with van der Waals surface area (Å²) in [6.07, 6.45) is 45.2. The van der Waals surface area contributed by atoms with Gasteiger partial charge in [0.15, 0.2) is 0 Å². The summed E-state index contributed by atoms with van der Waals surface area (Å²) in [4.78, 5) is 22.6. The maximum atomic E-state index is 12.7. The Morgan fingerprint density at radius 2 is 1.14 bits per heavy atom. The van der Waals surface area contributed by atoms with Crippen LogP contribution in [0.1, 0.15) is 162 Å². The predicted molar refractivity (Wildman–Crippen MR) is 212 cm³/mol. The van der Waals surface area contributed by atoms with E-state index in [1.807, 2.05) is 0 Å². The number of hydrogen-bond donors (Lipinski definition) is 4. The van der Waals surface area contributed by atoms with Crippen LogP contribution in [-0.2, 0) is 18.4 Å². The van der Waals surface area contributed by atoms with Crippen molar-refractivity contribution >= 4 is 13.7 Å². The molecule has 5 N–H and O–H groups in total. The Morgan fingerprint density at radius 3 is 1.62 bits per heavy atom. The molecule has 3 atom stereocenters. The van der Waals surface area contributed by atoms with Gasteiger partial charge in [0.2, 0.25) is 5.91 Å². The normalized spacial score (nSPS) is 14.9. The van der Waals surface area contributed by atoms with Crippen molar-refractivity contribution in [2.24, 2.45) is 5.73 Å². The van der Waals surface area contributed by atoms with E-state index in [2.05, 4.69) is 79.9 Å². The molecular formula is C41H75N2O6P. The summed E-state index contributed by atoms with van der Waals surface area (Å²) in [7, 11) is -4.33. The molecule has 0 aliphatic carbocycles. The van der Waals surface area contributed by atoms with Crippen molar-refractivity contribution in [1.29, 1.82) is 0 Å². The average molecular weight is 723 g/mol. The summed E-state index contributed by atoms with van der Waals surface area (Å²) >= 11 is 0. The van der Waals surface area contributed by atoms with Crippen LogP contribution in [0, 0.1) is 0 Å². The molecule has 0 heterocycles. The van der Waals surface area contributed by atoms with Gasteiger partial charge >= 0.3 is 7.82 Å². The fraction of sp³-hybridized carbons (Fsp3) is 0.732. The summed E-state index contributed by atoms with van der Waals surface area (Å²) in [6, 6.07) is -0.805. The van der Waals surface area contributed by atoms with Crippen molar-refractivity contribution < 1.29 is 28.4 Å². The number of phosphoric acid groups is 1. The van der Waals surface area contributed by atoms with Gasteiger partial charge in [-0.2, -0.15) is 0 Å². The van der Waals surface area contributed by atoms with Crippen LogP contribution in [0.2, 0.25) is 0 Å². The molecule has 0 spiro atoms. The first kappa shape index (κ1) is 48.2. The van der Waals surface area contributed by atoms with Gasteiger partial charge in [0, 0.05) is 13.0 Å². The highest BCUT2D eigenvalue weighted by atomic mass is 31.2. The summed E-state index contributed by atoms with van der Waals surface area (Å²) in [6.45, 7) is 4.03. The lowest BCUT2D eigenvalue weighted by molar-refractivity contribution is -0.123. The van der Waals surface area contributed by atoms with E-state index in [1.54, 1.807) is 0 Å². The molecule has 0 fully saturated rings. The van der Waals surface area contributed by atoms with Gasteiger partial charge in [-0.25, -0.2) is 4.57 Å². The average Bonchev–Trinajstić information content (AvgIpc) is 3.10. The fourth-order valence-electron chi connectivity index (χ4n) is 5.41. The van der Waals surface area contributed by atoms with Crippen LogP contribution in [0.3, 0.4) is 0 Å². The Hall–Kier alpha value is -1.80. The van der Waals surface area contributed by atoms with Crippen molar-refractivity contribution in [3.05, 3.63) is 60.8 Å². The number of aliphatic hydroxyl groups excluding tert-OH is 1. The second-order valence-electron chi connectivity index (χ2n) is 13.1. The molecule has 0 aliphatic rings. The Labute approximate surface area is 306 Å². The van der Waals surface area contributed by atoms with Gasteiger partial charge < -0.3 is 21.1 Å². The van der Waals surface area contributed by atoms with E-state index in [1.165, 1.54) is 70.6 Å². The molecule has 290 valence electrons. The summed E-state index contributed by atoms with van der Waals surface area (Å²) in [5, 5.41) is 13.7. The van der Waals surface area contributed by atoms with Gasteiger partial charge in [0.05, 0.1) is 25.4 Å². The van der Waals surface area contributed by atoms with Gasteiger partial charge in [-0.15, -0.1) is 0 Å². The zero-order valence-electron chi connectivity index (χ0n) is 31.9. The van der Waals surface area contributed by atoms with Gasteiger partial charge in [-0.3, -0.25) is 13.8 Å². The van der Waals surface area contributed by atoms with Gasteiger partial charge in [0.25, 0.3) is 0 Å². The van der Waals surface area contributed by atoms with Crippen molar-refractivity contribution in [2.45, 2.75) is 174 Å². The highest BCUT2D eigenvalue weighted by molar-refractivity contribution is 7.47. The number of phosphoric ester groups is 1. The first-order valence-electron chi connectivity index (χ1n) is 19.9. The minimum Gasteiger partial charge on any atom is -0.391 e. The highest BCUT2D eigenvalue weighted by Crippen LogP contribution is 2.43. The molecule has 0 aliphatic heterocycles. The lowest BCUT2D eigenvalue weighted by Gasteiger charge is -2.25. The molecule has 0 aromatic heterocycles. The zero-order valence-corrected chi connectivity index (χ0v) is 32.8. The number of carbonyl (C=O) groups excluding carboxylic acids is 1. The van der Waals surface area contributed by atoms with Crippen LogP contribution < -0.4 is 11.1 Å². The number of rotatable bonds is 36. The molecule has 50 heavy (non-hydrogen) atoms. The second kappa shape index (κ2) is 37.0. The van der Waals surface area contributed by atoms with Crippen molar-refractivity contribution in [2.75, 3.05) is 19.8 Å². The first-order valence-corrected chi connectivity index (χ1v) is 21.4. The molecule has 9 heteroatoms. The van der Waals surface area contributed by atoms with E-state index in [9.17, 15) is 19.4 Å². The molecule has 0 saturated carbocycles. The molecule has 0 aromatic carbocycles. The molecule has 0 radical (unpaired) electrons. The highest BCUT2D eigenvalue weighted by Gasteiger charge is 2.27. The number of unbranched alkanes of at least 4 members (excludes halogenated alkanes) is 14. The monoisotopic (exact) mass is 723 g/mol. The largest absolute Gasteiger partial charge is 0.472 e. The van der Waals surface area contributed by atoms with Crippen molar-refractivity contribution in [3.8, 4) is 0 Å². The Balaban J connectivity index is 4.35. The molecular weight excluding hydrogens is 647 g/mol. The molecule has 3 unspecified atom stereocenters. The van der Waals surface area contributed by atoms with E-state index in [4.69, 9.17) is 14.8 Å². The van der Waals surface area contributed by atoms with Crippen LogP contribution in [0.15, 0.2) is 60.8 Å². The molecule has 0 rings (SSSR count). The molecule has 0 saturated heterocycles. The number of aliphatic hydroxyl groups is 1. The fourth-order valence-corrected chi connectivity index (χ4v) is 6.17. The number of hydrogen-bond acceptors (Lipinski definition) is 6. The van der Waals surface area contributed by atoms with Crippen LogP contribution in [0.5, 0.6) is 0 Å². The minimum absolute atomic E-state index is 0.0771. The predicted octanol–water partition coefficient (Wildman–Crippen LogP) is 10.7. The Kier molecular flexibility index (Phi) is 35.6. The molecule has 8 nitrogen and oxygen atoms in total. The SMILES string of the molecule is CC/C=C\C/C=C\C/C=C\C/C=C\C/C=C\CCCC(=O)NC(COP(=O)(O)OCCN)C(O)CCCCCCCCCCCCCCCC. The quantitative estimate of drug-likeness (QED) is 0.0288. The van der Waals surface area contributed by atoms with Crippen LogP contribution in [0.25, 0.3) is 0 Å². The zero-order chi connectivity index (χ0) is 36.8. The van der Waals surface area contributed by atoms with Crippen LogP contribution in [0.4, 0.5) is 0 Å². The van der Waals surface area contributed by atoms with E-state index in [0.29, 0.717) is 12.8 Å². The number of nitrogens with one attached hydrogen (secondary N) is 1. The lowest BCUT2D eigenvalue weighted by atomic mass is 10.0. The second-order valence-corrected chi connectivity index (χ2v) is 14.6. The van der Waals surface area contributed by atoms with E-state index < -0.39 is 20.0 Å². The molecule has 1 amide bonds. The Morgan fingerprint density at radius 1 is 0.680 bits per heavy atom. The number of carbonyl (C=O) groups is 1. The molecule has 0 aromatic rings. The summed E-state index contributed by atoms with van der Waals surface area (Å²) in [5.74, 6) is -0.221. The first-order chi connectivity index (χ1) is 24.4. The third-order valence-electron chi connectivity index (χ3n) is 8.39. The smallest absolute Gasteiger partial charge is 0.391 e. The van der Waals surface area contributed by atoms with Crippen LogP contribution in [-0.4, -0.2) is 47.8 Å². The third kappa shape index (κ3) is 34.6. The van der Waals surface area contributed by atoms with E-state index in [-0.39, 0.29) is 32.1 Å². The molecule has 0 bridgehead atoms. The standard InChI is InChI=1S/C41H75N2O6P/c1-3-5-7-9-11-13-15-17-19-20-21-23-25-27-29-31-33-35-41(45)43-39(38-49-50(46,47)48-37-36-42)40(44)34-32-30-28-26-24-22-18-16-14-12-10-8-6-4-2/h5,7,11,13,17,19,21,23,27,29,39-40,44H,3-4,6,8-10,12,14-16,18,20,22,24-26,28,30-38,42H2,1-2H3,(H,43,45)(H,46,47)/b7-5-,13-11-,19-17-,23-21-,29-27-. The van der Waals surface area contributed by atoms with Crippen molar-refractivity contribution in [3.63, 3.8) is 0 Å².